The topological polar surface area (TPSA) is 99.1 Å². The fraction of sp³-hybridized carbons (Fsp3) is 0.357. The largest absolute Gasteiger partial charge is 0.505 e. The van der Waals surface area contributed by atoms with E-state index in [1.54, 1.807) is 19.1 Å². The molecule has 0 spiro atoms. The third-order valence-corrected chi connectivity index (χ3v) is 2.69. The Morgan fingerprint density at radius 2 is 1.86 bits per heavy atom. The molecule has 0 fully saturated rings. The second kappa shape index (κ2) is 7.88. The van der Waals surface area contributed by atoms with E-state index in [2.05, 4.69) is 9.47 Å². The minimum Gasteiger partial charge on any atom is -0.465 e. The zero-order valence-electron chi connectivity index (χ0n) is 11.7. The maximum atomic E-state index is 12.0. The first kappa shape index (κ1) is 16.5. The lowest BCUT2D eigenvalue weighted by atomic mass is 9.94. The molecule has 21 heavy (non-hydrogen) atoms. The van der Waals surface area contributed by atoms with Gasteiger partial charge in [-0.05, 0) is 18.6 Å². The average Bonchev–Trinajstić information content (AvgIpc) is 2.47. The molecule has 0 aliphatic rings. The summed E-state index contributed by atoms with van der Waals surface area (Å²) in [4.78, 5) is 34.2. The van der Waals surface area contributed by atoms with Gasteiger partial charge < -0.3 is 19.3 Å². The van der Waals surface area contributed by atoms with Crippen LogP contribution in [0.25, 0.3) is 0 Å². The number of rotatable bonds is 6. The SMILES string of the molecule is CCOC(=O)C(COC(=O)O)c1ccccc1C(=O)OC. The maximum Gasteiger partial charge on any atom is 0.505 e. The van der Waals surface area contributed by atoms with E-state index in [1.807, 2.05) is 0 Å². The third-order valence-electron chi connectivity index (χ3n) is 2.69. The van der Waals surface area contributed by atoms with Crippen molar-refractivity contribution in [2.24, 2.45) is 0 Å². The van der Waals surface area contributed by atoms with Crippen LogP contribution in [0.5, 0.6) is 0 Å². The van der Waals surface area contributed by atoms with Gasteiger partial charge in [-0.25, -0.2) is 9.59 Å². The quantitative estimate of drug-likeness (QED) is 0.631. The van der Waals surface area contributed by atoms with Crippen molar-refractivity contribution in [2.45, 2.75) is 12.8 Å². The summed E-state index contributed by atoms with van der Waals surface area (Å²) in [6, 6.07) is 6.23. The Morgan fingerprint density at radius 3 is 2.43 bits per heavy atom. The molecule has 1 rings (SSSR count). The number of carbonyl (C=O) groups excluding carboxylic acids is 2. The fourth-order valence-electron chi connectivity index (χ4n) is 1.78. The Morgan fingerprint density at radius 1 is 1.19 bits per heavy atom. The summed E-state index contributed by atoms with van der Waals surface area (Å²) in [5, 5.41) is 8.58. The van der Waals surface area contributed by atoms with Crippen LogP contribution >= 0.6 is 0 Å². The molecule has 0 aromatic heterocycles. The molecule has 1 aromatic rings. The van der Waals surface area contributed by atoms with Crippen molar-refractivity contribution < 1.29 is 33.7 Å². The first-order chi connectivity index (χ1) is 10.0. The molecule has 1 atom stereocenters. The van der Waals surface area contributed by atoms with Crippen LogP contribution in [0.4, 0.5) is 4.79 Å². The summed E-state index contributed by atoms with van der Waals surface area (Å²) in [5.74, 6) is -2.33. The van der Waals surface area contributed by atoms with Gasteiger partial charge in [-0.15, -0.1) is 0 Å². The number of hydrogen-bond acceptors (Lipinski definition) is 6. The van der Waals surface area contributed by atoms with Crippen molar-refractivity contribution in [2.75, 3.05) is 20.3 Å². The lowest BCUT2D eigenvalue weighted by Crippen LogP contribution is -2.24. The molecule has 114 valence electrons. The second-order valence-electron chi connectivity index (χ2n) is 3.96. The highest BCUT2D eigenvalue weighted by Gasteiger charge is 2.28. The van der Waals surface area contributed by atoms with Crippen LogP contribution in [0.3, 0.4) is 0 Å². The summed E-state index contributed by atoms with van der Waals surface area (Å²) in [6.07, 6.45) is -1.51. The molecule has 0 bridgehead atoms. The Hall–Kier alpha value is -2.57. The van der Waals surface area contributed by atoms with Gasteiger partial charge >= 0.3 is 18.1 Å². The summed E-state index contributed by atoms with van der Waals surface area (Å²) < 4.78 is 14.0. The number of carboxylic acid groups (broad SMARTS) is 1. The van der Waals surface area contributed by atoms with Gasteiger partial charge in [0.05, 0.1) is 19.3 Å². The fourth-order valence-corrected chi connectivity index (χ4v) is 1.78. The molecular weight excluding hydrogens is 280 g/mol. The van der Waals surface area contributed by atoms with Gasteiger partial charge in [0.2, 0.25) is 0 Å². The number of hydrogen-bond donors (Lipinski definition) is 1. The van der Waals surface area contributed by atoms with E-state index in [4.69, 9.17) is 9.84 Å². The predicted molar refractivity (Wildman–Crippen MR) is 71.1 cm³/mol. The van der Waals surface area contributed by atoms with E-state index in [0.29, 0.717) is 5.56 Å². The molecule has 0 amide bonds. The summed E-state index contributed by atoms with van der Waals surface area (Å²) in [6.45, 7) is 1.31. The molecule has 7 heteroatoms. The molecule has 1 unspecified atom stereocenters. The van der Waals surface area contributed by atoms with Crippen molar-refractivity contribution in [1.82, 2.24) is 0 Å². The second-order valence-corrected chi connectivity index (χ2v) is 3.96. The Bertz CT molecular complexity index is 524. The minimum atomic E-state index is -1.51. The summed E-state index contributed by atoms with van der Waals surface area (Å²) >= 11 is 0. The van der Waals surface area contributed by atoms with Crippen molar-refractivity contribution in [3.63, 3.8) is 0 Å². The highest BCUT2D eigenvalue weighted by Crippen LogP contribution is 2.23. The number of methoxy groups -OCH3 is 1. The van der Waals surface area contributed by atoms with Crippen molar-refractivity contribution >= 4 is 18.1 Å². The molecule has 1 N–H and O–H groups in total. The standard InChI is InChI=1S/C14H16O7/c1-3-20-13(16)11(8-21-14(17)18)9-6-4-5-7-10(9)12(15)19-2/h4-7,11H,3,8H2,1-2H3,(H,17,18). The molecule has 0 aliphatic carbocycles. The van der Waals surface area contributed by atoms with E-state index in [-0.39, 0.29) is 12.2 Å². The van der Waals surface area contributed by atoms with E-state index >= 15 is 0 Å². The minimum absolute atomic E-state index is 0.128. The van der Waals surface area contributed by atoms with E-state index < -0.39 is 30.6 Å². The molecule has 1 aromatic carbocycles. The molecule has 0 saturated heterocycles. The van der Waals surface area contributed by atoms with Crippen LogP contribution in [0.1, 0.15) is 28.8 Å². The van der Waals surface area contributed by atoms with Crippen molar-refractivity contribution in [1.29, 1.82) is 0 Å². The Balaban J connectivity index is 3.15. The van der Waals surface area contributed by atoms with Crippen LogP contribution < -0.4 is 0 Å². The molecule has 0 heterocycles. The molecule has 0 aliphatic heterocycles. The normalized spacial score (nSPS) is 11.3. The zero-order valence-corrected chi connectivity index (χ0v) is 11.7. The number of ether oxygens (including phenoxy) is 3. The van der Waals surface area contributed by atoms with E-state index in [9.17, 15) is 14.4 Å². The Labute approximate surface area is 121 Å². The number of esters is 2. The van der Waals surface area contributed by atoms with Crippen molar-refractivity contribution in [3.8, 4) is 0 Å². The van der Waals surface area contributed by atoms with Gasteiger partial charge in [0.25, 0.3) is 0 Å². The third kappa shape index (κ3) is 4.48. The van der Waals surface area contributed by atoms with Gasteiger partial charge in [0.1, 0.15) is 12.5 Å². The van der Waals surface area contributed by atoms with Crippen LogP contribution in [0.2, 0.25) is 0 Å². The van der Waals surface area contributed by atoms with Crippen LogP contribution in [-0.4, -0.2) is 43.5 Å². The number of benzene rings is 1. The monoisotopic (exact) mass is 296 g/mol. The van der Waals surface area contributed by atoms with Gasteiger partial charge in [-0.1, -0.05) is 18.2 Å². The average molecular weight is 296 g/mol. The smallest absolute Gasteiger partial charge is 0.465 e. The van der Waals surface area contributed by atoms with Crippen LogP contribution in [-0.2, 0) is 19.0 Å². The zero-order chi connectivity index (χ0) is 15.8. The van der Waals surface area contributed by atoms with E-state index in [0.717, 1.165) is 0 Å². The lowest BCUT2D eigenvalue weighted by molar-refractivity contribution is -0.146. The maximum absolute atomic E-state index is 12.0. The molecule has 0 radical (unpaired) electrons. The molecule has 7 nitrogen and oxygen atoms in total. The van der Waals surface area contributed by atoms with Crippen molar-refractivity contribution in [3.05, 3.63) is 35.4 Å². The van der Waals surface area contributed by atoms with Gasteiger partial charge in [-0.2, -0.15) is 0 Å². The van der Waals surface area contributed by atoms with Crippen LogP contribution in [0.15, 0.2) is 24.3 Å². The van der Waals surface area contributed by atoms with Gasteiger partial charge in [0.15, 0.2) is 0 Å². The first-order valence-electron chi connectivity index (χ1n) is 6.20. The highest BCUT2D eigenvalue weighted by atomic mass is 16.7. The lowest BCUT2D eigenvalue weighted by Gasteiger charge is -2.17. The Kier molecular flexibility index (Phi) is 6.19. The predicted octanol–water partition coefficient (Wildman–Crippen LogP) is 1.81. The highest BCUT2D eigenvalue weighted by molar-refractivity contribution is 5.93. The van der Waals surface area contributed by atoms with E-state index in [1.165, 1.54) is 19.2 Å². The van der Waals surface area contributed by atoms with Gasteiger partial charge in [-0.3, -0.25) is 4.79 Å². The first-order valence-corrected chi connectivity index (χ1v) is 6.20. The van der Waals surface area contributed by atoms with Crippen LogP contribution in [0, 0.1) is 0 Å². The summed E-state index contributed by atoms with van der Waals surface area (Å²) in [5.41, 5.74) is 0.455. The molecule has 0 saturated carbocycles. The summed E-state index contributed by atoms with van der Waals surface area (Å²) in [7, 11) is 1.21. The number of carbonyl (C=O) groups is 3. The molecular formula is C14H16O7. The van der Waals surface area contributed by atoms with Gasteiger partial charge in [0, 0.05) is 0 Å².